The topological polar surface area (TPSA) is 86.7 Å². The summed E-state index contributed by atoms with van der Waals surface area (Å²) in [5, 5.41) is 12.2. The number of fused-ring (bicyclic) bond motifs is 3. The highest BCUT2D eigenvalue weighted by atomic mass is 32.1. The van der Waals surface area contributed by atoms with Crippen LogP contribution in [0, 0.1) is 0 Å². The zero-order valence-corrected chi connectivity index (χ0v) is 14.0. The molecule has 0 spiro atoms. The molecule has 0 aromatic heterocycles. The van der Waals surface area contributed by atoms with E-state index in [9.17, 15) is 19.5 Å². The number of nitrogens with one attached hydrogen (secondary N) is 1. The molecule has 0 aliphatic carbocycles. The maximum absolute atomic E-state index is 13.0. The molecule has 7 heteroatoms. The van der Waals surface area contributed by atoms with Gasteiger partial charge in [-0.2, -0.15) is 12.6 Å². The molecule has 1 aromatic carbocycles. The van der Waals surface area contributed by atoms with Crippen molar-refractivity contribution in [3.05, 3.63) is 35.4 Å². The summed E-state index contributed by atoms with van der Waals surface area (Å²) in [6.45, 7) is 0. The number of hydrogen-bond donors (Lipinski definition) is 3. The van der Waals surface area contributed by atoms with Crippen LogP contribution in [-0.2, 0) is 20.8 Å². The largest absolute Gasteiger partial charge is 0.480 e. The first kappa shape index (κ1) is 16.8. The molecule has 2 N–H and O–H groups in total. The van der Waals surface area contributed by atoms with E-state index in [1.165, 1.54) is 4.90 Å². The summed E-state index contributed by atoms with van der Waals surface area (Å²) >= 11 is 3.94. The quantitative estimate of drug-likeness (QED) is 0.716. The fourth-order valence-electron chi connectivity index (χ4n) is 3.74. The van der Waals surface area contributed by atoms with Gasteiger partial charge in [0.2, 0.25) is 11.8 Å². The van der Waals surface area contributed by atoms with Crippen molar-refractivity contribution in [3.63, 3.8) is 0 Å². The van der Waals surface area contributed by atoms with Gasteiger partial charge in [-0.05, 0) is 30.4 Å². The van der Waals surface area contributed by atoms with Crippen LogP contribution in [0.15, 0.2) is 24.3 Å². The molecule has 2 heterocycles. The summed E-state index contributed by atoms with van der Waals surface area (Å²) in [6.07, 6.45) is 2.30. The van der Waals surface area contributed by atoms with E-state index < -0.39 is 18.1 Å². The minimum absolute atomic E-state index is 0.0167. The number of thiol groups is 1. The molecule has 0 bridgehead atoms. The van der Waals surface area contributed by atoms with E-state index in [0.29, 0.717) is 12.8 Å². The third-order valence-electron chi connectivity index (χ3n) is 4.78. The Morgan fingerprint density at radius 1 is 1.29 bits per heavy atom. The molecule has 3 atom stereocenters. The van der Waals surface area contributed by atoms with E-state index >= 15 is 0 Å². The normalized spacial score (nSPS) is 26.1. The number of rotatable bonds is 3. The highest BCUT2D eigenvalue weighted by molar-refractivity contribution is 7.81. The first-order valence-corrected chi connectivity index (χ1v) is 8.69. The summed E-state index contributed by atoms with van der Waals surface area (Å²) in [4.78, 5) is 37.9. The van der Waals surface area contributed by atoms with Gasteiger partial charge in [0.25, 0.3) is 0 Å². The summed E-state index contributed by atoms with van der Waals surface area (Å²) in [6, 6.07) is 5.84. The van der Waals surface area contributed by atoms with Crippen LogP contribution in [0.25, 0.3) is 0 Å². The van der Waals surface area contributed by atoms with Crippen molar-refractivity contribution < 1.29 is 19.5 Å². The molecular weight excluding hydrogens is 328 g/mol. The fourth-order valence-corrected chi connectivity index (χ4v) is 3.83. The van der Waals surface area contributed by atoms with E-state index in [1.807, 2.05) is 24.3 Å². The number of amides is 2. The smallest absolute Gasteiger partial charge is 0.326 e. The summed E-state index contributed by atoms with van der Waals surface area (Å²) in [7, 11) is 0. The predicted octanol–water partition coefficient (Wildman–Crippen LogP) is 1.16. The van der Waals surface area contributed by atoms with Crippen molar-refractivity contribution in [3.8, 4) is 0 Å². The van der Waals surface area contributed by atoms with Gasteiger partial charge >= 0.3 is 5.97 Å². The van der Waals surface area contributed by atoms with Crippen molar-refractivity contribution in [2.45, 2.75) is 43.8 Å². The number of hydrogen-bond acceptors (Lipinski definition) is 4. The summed E-state index contributed by atoms with van der Waals surface area (Å²) in [5.41, 5.74) is 1.97. The Balaban J connectivity index is 2.05. The van der Waals surface area contributed by atoms with Gasteiger partial charge in [-0.1, -0.05) is 24.3 Å². The molecule has 24 heavy (non-hydrogen) atoms. The molecule has 1 aromatic rings. The van der Waals surface area contributed by atoms with E-state index in [4.69, 9.17) is 0 Å². The number of carbonyl (C=O) groups is 3. The number of aliphatic carboxylic acids is 1. The Kier molecular flexibility index (Phi) is 4.80. The van der Waals surface area contributed by atoms with Gasteiger partial charge in [0.05, 0.1) is 11.8 Å². The Hall–Kier alpha value is -2.02. The van der Waals surface area contributed by atoms with Gasteiger partial charge in [-0.25, -0.2) is 4.79 Å². The van der Waals surface area contributed by atoms with E-state index in [0.717, 1.165) is 24.0 Å². The molecule has 6 nitrogen and oxygen atoms in total. The Bertz CT molecular complexity index is 678. The monoisotopic (exact) mass is 348 g/mol. The maximum Gasteiger partial charge on any atom is 0.326 e. The zero-order valence-electron chi connectivity index (χ0n) is 13.1. The molecule has 1 saturated heterocycles. The van der Waals surface area contributed by atoms with Gasteiger partial charge in [0, 0.05) is 6.42 Å². The van der Waals surface area contributed by atoms with Crippen molar-refractivity contribution in [2.75, 3.05) is 5.75 Å². The summed E-state index contributed by atoms with van der Waals surface area (Å²) < 4.78 is 0. The lowest BCUT2D eigenvalue weighted by Gasteiger charge is -2.40. The zero-order chi connectivity index (χ0) is 17.3. The van der Waals surface area contributed by atoms with Gasteiger partial charge < -0.3 is 15.3 Å². The Labute approximate surface area is 145 Å². The molecule has 1 fully saturated rings. The minimum atomic E-state index is -0.994. The molecular formula is C17H20N2O4S. The lowest BCUT2D eigenvalue weighted by atomic mass is 9.89. The molecule has 3 rings (SSSR count). The second-order valence-corrected chi connectivity index (χ2v) is 6.54. The van der Waals surface area contributed by atoms with Gasteiger partial charge in [-0.15, -0.1) is 0 Å². The highest BCUT2D eigenvalue weighted by Gasteiger charge is 2.44. The lowest BCUT2D eigenvalue weighted by Crippen LogP contribution is -2.55. The molecule has 2 aliphatic heterocycles. The first-order valence-electron chi connectivity index (χ1n) is 8.06. The average Bonchev–Trinajstić information content (AvgIpc) is 2.70. The van der Waals surface area contributed by atoms with Gasteiger partial charge in [0.1, 0.15) is 12.1 Å². The van der Waals surface area contributed by atoms with E-state index in [2.05, 4.69) is 17.9 Å². The van der Waals surface area contributed by atoms with Crippen LogP contribution in [0.2, 0.25) is 0 Å². The second-order valence-electron chi connectivity index (χ2n) is 6.23. The number of piperidine rings is 1. The van der Waals surface area contributed by atoms with Crippen LogP contribution < -0.4 is 5.32 Å². The Morgan fingerprint density at radius 3 is 2.75 bits per heavy atom. The van der Waals surface area contributed by atoms with Gasteiger partial charge in [-0.3, -0.25) is 9.59 Å². The van der Waals surface area contributed by atoms with Crippen molar-refractivity contribution in [1.82, 2.24) is 10.2 Å². The molecule has 2 amide bonds. The van der Waals surface area contributed by atoms with Crippen LogP contribution in [0.4, 0.5) is 0 Å². The van der Waals surface area contributed by atoms with E-state index in [-0.39, 0.29) is 23.6 Å². The Morgan fingerprint density at radius 2 is 2.04 bits per heavy atom. The van der Waals surface area contributed by atoms with Crippen LogP contribution in [0.3, 0.4) is 0 Å². The third-order valence-corrected chi connectivity index (χ3v) is 5.07. The molecule has 0 radical (unpaired) electrons. The molecule has 0 unspecified atom stereocenters. The summed E-state index contributed by atoms with van der Waals surface area (Å²) in [5.74, 6) is -1.67. The maximum atomic E-state index is 13.0. The number of benzene rings is 1. The number of carboxylic acid groups (broad SMARTS) is 1. The average molecular weight is 348 g/mol. The van der Waals surface area contributed by atoms with Crippen LogP contribution in [-0.4, -0.2) is 45.6 Å². The number of carboxylic acids is 1. The van der Waals surface area contributed by atoms with E-state index in [1.54, 1.807) is 0 Å². The van der Waals surface area contributed by atoms with Crippen molar-refractivity contribution in [1.29, 1.82) is 0 Å². The van der Waals surface area contributed by atoms with Crippen molar-refractivity contribution >= 4 is 30.4 Å². The lowest BCUT2D eigenvalue weighted by molar-refractivity contribution is -0.156. The SMILES string of the molecule is O=C(CS)N[C@H]1Cc2ccccc2[C@H]2CCC[C@@H](C(=O)O)N2C1=O. The fraction of sp³-hybridized carbons (Fsp3) is 0.471. The second kappa shape index (κ2) is 6.84. The van der Waals surface area contributed by atoms with Crippen LogP contribution >= 0.6 is 12.6 Å². The first-order chi connectivity index (χ1) is 11.5. The predicted molar refractivity (Wildman–Crippen MR) is 90.8 cm³/mol. The van der Waals surface area contributed by atoms with Crippen LogP contribution in [0.1, 0.15) is 36.4 Å². The number of carbonyl (C=O) groups excluding carboxylic acids is 2. The molecule has 0 saturated carbocycles. The number of nitrogens with zero attached hydrogens (tertiary/aromatic N) is 1. The van der Waals surface area contributed by atoms with Crippen molar-refractivity contribution in [2.24, 2.45) is 0 Å². The molecule has 128 valence electrons. The molecule has 2 aliphatic rings. The third kappa shape index (κ3) is 3.00. The van der Waals surface area contributed by atoms with Gasteiger partial charge in [0.15, 0.2) is 0 Å². The standard InChI is InChI=1S/C17H20N2O4S/c20-15(9-24)18-12-8-10-4-1-2-5-11(10)13-6-3-7-14(17(22)23)19(13)16(12)21/h1-2,4-5,12-14,24H,3,6-9H2,(H,18,20)(H,22,23)/t12-,13+,14-/m0/s1. The minimum Gasteiger partial charge on any atom is -0.480 e. The van der Waals surface area contributed by atoms with Crippen LogP contribution in [0.5, 0.6) is 0 Å². The highest BCUT2D eigenvalue weighted by Crippen LogP contribution is 2.39.